The van der Waals surface area contributed by atoms with E-state index >= 15 is 0 Å². The van der Waals surface area contributed by atoms with E-state index in [0.717, 1.165) is 22.9 Å². The molecule has 0 aromatic carbocycles. The van der Waals surface area contributed by atoms with Crippen LogP contribution < -0.4 is 10.6 Å². The first-order valence-corrected chi connectivity index (χ1v) is 10.4. The van der Waals surface area contributed by atoms with Gasteiger partial charge in [0.05, 0.1) is 12.5 Å². The SMILES string of the molecule is FC(F)(F)c1cc(N[C@H]2CCC[C@@H](Nc3nccn4cncc34)C2)n2nc(C(F)(F)F)cc2n1. The Labute approximate surface area is 188 Å². The largest absolute Gasteiger partial charge is 0.435 e. The van der Waals surface area contributed by atoms with Crippen molar-refractivity contribution in [2.24, 2.45) is 0 Å². The fourth-order valence-electron chi connectivity index (χ4n) is 4.18. The number of aromatic nitrogens is 6. The maximum absolute atomic E-state index is 13.4. The van der Waals surface area contributed by atoms with E-state index < -0.39 is 29.4 Å². The van der Waals surface area contributed by atoms with Gasteiger partial charge in [-0.2, -0.15) is 36.0 Å². The van der Waals surface area contributed by atoms with Crippen LogP contribution >= 0.6 is 0 Å². The van der Waals surface area contributed by atoms with Crippen LogP contribution in [0.15, 0.2) is 37.1 Å². The summed E-state index contributed by atoms with van der Waals surface area (Å²) in [5.74, 6) is 0.424. The van der Waals surface area contributed by atoms with Crippen LogP contribution in [-0.4, -0.2) is 41.1 Å². The van der Waals surface area contributed by atoms with E-state index in [9.17, 15) is 26.3 Å². The Bertz CT molecular complexity index is 1320. The van der Waals surface area contributed by atoms with Gasteiger partial charge in [0, 0.05) is 36.6 Å². The average molecular weight is 484 g/mol. The number of rotatable bonds is 4. The fraction of sp³-hybridized carbons (Fsp3) is 0.400. The van der Waals surface area contributed by atoms with E-state index in [1.165, 1.54) is 0 Å². The molecule has 1 aliphatic rings. The summed E-state index contributed by atoms with van der Waals surface area (Å²) < 4.78 is 82.0. The van der Waals surface area contributed by atoms with Crippen LogP contribution in [0.25, 0.3) is 11.2 Å². The molecule has 0 saturated heterocycles. The molecule has 0 unspecified atom stereocenters. The summed E-state index contributed by atoms with van der Waals surface area (Å²) in [4.78, 5) is 11.8. The minimum absolute atomic E-state index is 0.0531. The molecule has 2 N–H and O–H groups in total. The minimum Gasteiger partial charge on any atom is -0.367 e. The Kier molecular flexibility index (Phi) is 5.24. The lowest BCUT2D eigenvalue weighted by atomic mass is 9.91. The van der Waals surface area contributed by atoms with Crippen molar-refractivity contribution in [3.63, 3.8) is 0 Å². The van der Waals surface area contributed by atoms with Crippen molar-refractivity contribution in [1.29, 1.82) is 0 Å². The van der Waals surface area contributed by atoms with Gasteiger partial charge in [-0.1, -0.05) is 0 Å². The molecular formula is C20H18F6N8. The standard InChI is InChI=1S/C20H18F6N8/c21-19(22,23)14-7-16(34-17(31-14)8-15(32-34)20(24,25)26)29-11-2-1-3-12(6-11)30-18-13-9-27-10-33(13)5-4-28-18/h4-5,7-12,29H,1-3,6H2,(H,28,30)/t11-,12+/m0/s1. The number of nitrogens with zero attached hydrogens (tertiary/aromatic N) is 6. The molecule has 2 atom stereocenters. The van der Waals surface area contributed by atoms with Crippen molar-refractivity contribution in [3.8, 4) is 0 Å². The Morgan fingerprint density at radius 1 is 0.941 bits per heavy atom. The highest BCUT2D eigenvalue weighted by atomic mass is 19.4. The molecule has 180 valence electrons. The van der Waals surface area contributed by atoms with Crippen molar-refractivity contribution in [2.45, 2.75) is 50.1 Å². The molecule has 14 heteroatoms. The molecule has 0 aliphatic heterocycles. The molecule has 0 spiro atoms. The first kappa shape index (κ1) is 22.2. The van der Waals surface area contributed by atoms with E-state index in [1.54, 1.807) is 29.3 Å². The number of nitrogens with one attached hydrogen (secondary N) is 2. The number of hydrogen-bond acceptors (Lipinski definition) is 6. The molecular weight excluding hydrogens is 466 g/mol. The fourth-order valence-corrected chi connectivity index (χ4v) is 4.18. The lowest BCUT2D eigenvalue weighted by molar-refractivity contribution is -0.142. The van der Waals surface area contributed by atoms with Crippen molar-refractivity contribution < 1.29 is 26.3 Å². The number of fused-ring (bicyclic) bond motifs is 2. The number of halogens is 6. The highest BCUT2D eigenvalue weighted by Gasteiger charge is 2.37. The van der Waals surface area contributed by atoms with Crippen LogP contribution in [0.3, 0.4) is 0 Å². The summed E-state index contributed by atoms with van der Waals surface area (Å²) in [6, 6.07) is 0.832. The second-order valence-corrected chi connectivity index (χ2v) is 8.13. The van der Waals surface area contributed by atoms with E-state index in [-0.39, 0.29) is 17.9 Å². The summed E-state index contributed by atoms with van der Waals surface area (Å²) in [5.41, 5.74) is -2.37. The zero-order valence-corrected chi connectivity index (χ0v) is 17.4. The first-order valence-electron chi connectivity index (χ1n) is 10.4. The third-order valence-electron chi connectivity index (χ3n) is 5.71. The molecule has 34 heavy (non-hydrogen) atoms. The van der Waals surface area contributed by atoms with Crippen molar-refractivity contribution in [3.05, 3.63) is 48.4 Å². The molecule has 8 nitrogen and oxygen atoms in total. The van der Waals surface area contributed by atoms with E-state index in [1.807, 2.05) is 0 Å². The third kappa shape index (κ3) is 4.31. The average Bonchev–Trinajstić information content (AvgIpc) is 3.41. The van der Waals surface area contributed by atoms with Gasteiger partial charge in [0.1, 0.15) is 11.3 Å². The highest BCUT2D eigenvalue weighted by Crippen LogP contribution is 2.34. The van der Waals surface area contributed by atoms with Crippen LogP contribution in [0.1, 0.15) is 37.1 Å². The van der Waals surface area contributed by atoms with Crippen LogP contribution in [0.2, 0.25) is 0 Å². The van der Waals surface area contributed by atoms with Crippen LogP contribution in [-0.2, 0) is 12.4 Å². The zero-order chi connectivity index (χ0) is 24.1. The predicted molar refractivity (Wildman–Crippen MR) is 109 cm³/mol. The lowest BCUT2D eigenvalue weighted by Crippen LogP contribution is -2.35. The van der Waals surface area contributed by atoms with E-state index in [0.29, 0.717) is 30.8 Å². The zero-order valence-electron chi connectivity index (χ0n) is 17.4. The number of alkyl halides is 6. The second-order valence-electron chi connectivity index (χ2n) is 8.13. The molecule has 0 bridgehead atoms. The van der Waals surface area contributed by atoms with Crippen LogP contribution in [0, 0.1) is 0 Å². The number of hydrogen-bond donors (Lipinski definition) is 2. The van der Waals surface area contributed by atoms with Crippen LogP contribution in [0.5, 0.6) is 0 Å². The van der Waals surface area contributed by atoms with Gasteiger partial charge in [-0.05, 0) is 25.7 Å². The van der Waals surface area contributed by atoms with Crippen molar-refractivity contribution in [1.82, 2.24) is 29.0 Å². The molecule has 1 aliphatic carbocycles. The predicted octanol–water partition coefficient (Wildman–Crippen LogP) is 4.64. The molecule has 1 saturated carbocycles. The topological polar surface area (TPSA) is 84.4 Å². The highest BCUT2D eigenvalue weighted by molar-refractivity contribution is 5.66. The maximum Gasteiger partial charge on any atom is 0.435 e. The summed E-state index contributed by atoms with van der Waals surface area (Å²) in [6.07, 6.45) is -0.271. The van der Waals surface area contributed by atoms with Gasteiger partial charge in [-0.3, -0.25) is 0 Å². The molecule has 4 heterocycles. The molecule has 4 aromatic heterocycles. The van der Waals surface area contributed by atoms with Crippen molar-refractivity contribution in [2.75, 3.05) is 10.6 Å². The van der Waals surface area contributed by atoms with Gasteiger partial charge < -0.3 is 15.0 Å². The Morgan fingerprint density at radius 2 is 1.68 bits per heavy atom. The first-order chi connectivity index (χ1) is 16.1. The third-order valence-corrected chi connectivity index (χ3v) is 5.71. The van der Waals surface area contributed by atoms with Gasteiger partial charge in [-0.15, -0.1) is 0 Å². The molecule has 5 rings (SSSR count). The molecule has 1 fully saturated rings. The minimum atomic E-state index is -4.83. The summed E-state index contributed by atoms with van der Waals surface area (Å²) in [6.45, 7) is 0. The smallest absolute Gasteiger partial charge is 0.367 e. The Balaban J connectivity index is 1.41. The van der Waals surface area contributed by atoms with Gasteiger partial charge in [0.25, 0.3) is 0 Å². The van der Waals surface area contributed by atoms with Crippen molar-refractivity contribution >= 4 is 22.8 Å². The summed E-state index contributed by atoms with van der Waals surface area (Å²) in [5, 5.41) is 9.76. The Hall–Kier alpha value is -3.58. The van der Waals surface area contributed by atoms with Gasteiger partial charge >= 0.3 is 12.4 Å². The number of anilines is 2. The van der Waals surface area contributed by atoms with Gasteiger partial charge in [-0.25, -0.2) is 15.0 Å². The molecule has 0 radical (unpaired) electrons. The Morgan fingerprint density at radius 3 is 2.41 bits per heavy atom. The normalized spacial score (nSPS) is 19.6. The quantitative estimate of drug-likeness (QED) is 0.411. The van der Waals surface area contributed by atoms with E-state index in [2.05, 4.69) is 30.7 Å². The maximum atomic E-state index is 13.4. The van der Waals surface area contributed by atoms with Gasteiger partial charge in [0.15, 0.2) is 22.9 Å². The summed E-state index contributed by atoms with van der Waals surface area (Å²) >= 11 is 0. The second kappa shape index (κ2) is 8.02. The lowest BCUT2D eigenvalue weighted by Gasteiger charge is -2.31. The summed E-state index contributed by atoms with van der Waals surface area (Å²) in [7, 11) is 0. The molecule has 0 amide bonds. The van der Waals surface area contributed by atoms with E-state index in [4.69, 9.17) is 0 Å². The van der Waals surface area contributed by atoms with Crippen LogP contribution in [0.4, 0.5) is 38.0 Å². The molecule has 4 aromatic rings. The number of imidazole rings is 1. The van der Waals surface area contributed by atoms with Gasteiger partial charge in [0.2, 0.25) is 0 Å². The monoisotopic (exact) mass is 484 g/mol.